The fraction of sp³-hybridized carbons (Fsp3) is 0.519. The summed E-state index contributed by atoms with van der Waals surface area (Å²) in [7, 11) is -7.30. The molecule has 2 bridgehead atoms. The molecule has 0 unspecified atom stereocenters. The molecule has 1 saturated carbocycles. The van der Waals surface area contributed by atoms with Crippen molar-refractivity contribution in [2.24, 2.45) is 10.8 Å². The number of benzene rings is 2. The number of amides is 1. The highest BCUT2D eigenvalue weighted by Crippen LogP contribution is 2.53. The fourth-order valence-corrected chi connectivity index (χ4v) is 9.63. The maximum atomic E-state index is 13.5. The van der Waals surface area contributed by atoms with Crippen LogP contribution in [-0.2, 0) is 24.8 Å². The van der Waals surface area contributed by atoms with Gasteiger partial charge in [-0.3, -0.25) is 4.79 Å². The van der Waals surface area contributed by atoms with Gasteiger partial charge in [-0.05, 0) is 78.6 Å². The molecule has 0 aromatic heterocycles. The van der Waals surface area contributed by atoms with Crippen molar-refractivity contribution in [2.45, 2.75) is 55.9 Å². The van der Waals surface area contributed by atoms with Gasteiger partial charge in [0.25, 0.3) is 5.91 Å². The third-order valence-corrected chi connectivity index (χ3v) is 11.6. The molecule has 2 atom stereocenters. The first-order valence-corrected chi connectivity index (χ1v) is 15.8. The van der Waals surface area contributed by atoms with Crippen molar-refractivity contribution in [3.05, 3.63) is 54.1 Å². The highest BCUT2D eigenvalue weighted by molar-refractivity contribution is 7.89. The fourth-order valence-electron chi connectivity index (χ4n) is 6.45. The topological polar surface area (TPSA) is 113 Å². The van der Waals surface area contributed by atoms with Crippen LogP contribution < -0.4 is 5.32 Å². The van der Waals surface area contributed by atoms with Crippen molar-refractivity contribution in [3.63, 3.8) is 0 Å². The summed E-state index contributed by atoms with van der Waals surface area (Å²) in [6.45, 7) is 8.45. The lowest BCUT2D eigenvalue weighted by Gasteiger charge is -2.39. The van der Waals surface area contributed by atoms with E-state index in [1.165, 1.54) is 52.8 Å². The first-order valence-electron chi connectivity index (χ1n) is 12.9. The van der Waals surface area contributed by atoms with Crippen molar-refractivity contribution in [1.82, 2.24) is 8.61 Å². The van der Waals surface area contributed by atoms with E-state index in [4.69, 9.17) is 4.74 Å². The second-order valence-electron chi connectivity index (χ2n) is 11.8. The van der Waals surface area contributed by atoms with Gasteiger partial charge in [-0.1, -0.05) is 20.8 Å². The largest absolute Gasteiger partial charge is 0.379 e. The molecule has 2 aromatic rings. The van der Waals surface area contributed by atoms with Gasteiger partial charge < -0.3 is 10.1 Å². The Bertz CT molecular complexity index is 1420. The third kappa shape index (κ3) is 5.27. The lowest BCUT2D eigenvalue weighted by Crippen LogP contribution is -2.40. The quantitative estimate of drug-likeness (QED) is 0.577. The number of nitrogens with zero attached hydrogens (tertiary/aromatic N) is 2. The van der Waals surface area contributed by atoms with E-state index in [2.05, 4.69) is 26.1 Å². The van der Waals surface area contributed by atoms with E-state index in [0.29, 0.717) is 44.1 Å². The monoisotopic (exact) mass is 561 g/mol. The van der Waals surface area contributed by atoms with Gasteiger partial charge in [-0.2, -0.15) is 8.61 Å². The molecule has 1 N–H and O–H groups in total. The molecule has 1 aliphatic carbocycles. The molecular formula is C27H35N3O6S2. The van der Waals surface area contributed by atoms with Gasteiger partial charge in [0, 0.05) is 36.9 Å². The molecule has 5 rings (SSSR count). The van der Waals surface area contributed by atoms with Crippen LogP contribution >= 0.6 is 0 Å². The van der Waals surface area contributed by atoms with Crippen LogP contribution in [0.5, 0.6) is 0 Å². The Kier molecular flexibility index (Phi) is 6.96. The maximum absolute atomic E-state index is 13.5. The predicted octanol–water partition coefficient (Wildman–Crippen LogP) is 3.55. The number of hydrogen-bond donors (Lipinski definition) is 1. The minimum Gasteiger partial charge on any atom is -0.379 e. The number of sulfonamides is 2. The number of rotatable bonds is 6. The molecule has 0 radical (unpaired) electrons. The number of hydrogen-bond acceptors (Lipinski definition) is 6. The number of nitrogens with one attached hydrogen (secondary N) is 1. The number of fused-ring (bicyclic) bond motifs is 2. The number of anilines is 1. The lowest BCUT2D eigenvalue weighted by molar-refractivity contribution is 0.0730. The van der Waals surface area contributed by atoms with Crippen LogP contribution in [0.1, 0.15) is 50.4 Å². The number of carbonyl (C=O) groups is 1. The smallest absolute Gasteiger partial charge is 0.255 e. The Hall–Kier alpha value is -2.31. The summed E-state index contributed by atoms with van der Waals surface area (Å²) in [6, 6.07) is 12.0. The highest BCUT2D eigenvalue weighted by Gasteiger charge is 2.53. The first-order chi connectivity index (χ1) is 17.8. The first kappa shape index (κ1) is 27.3. The molecule has 9 nitrogen and oxygen atoms in total. The van der Waals surface area contributed by atoms with Crippen LogP contribution in [0.3, 0.4) is 0 Å². The van der Waals surface area contributed by atoms with Crippen LogP contribution in [-0.4, -0.2) is 70.2 Å². The molecule has 2 aromatic carbocycles. The van der Waals surface area contributed by atoms with E-state index >= 15 is 0 Å². The van der Waals surface area contributed by atoms with E-state index in [-0.39, 0.29) is 26.7 Å². The Morgan fingerprint density at radius 3 is 2.08 bits per heavy atom. The molecule has 38 heavy (non-hydrogen) atoms. The molecule has 0 spiro atoms. The Morgan fingerprint density at radius 1 is 0.868 bits per heavy atom. The Morgan fingerprint density at radius 2 is 1.45 bits per heavy atom. The van der Waals surface area contributed by atoms with Crippen LogP contribution in [0, 0.1) is 10.8 Å². The van der Waals surface area contributed by atoms with E-state index < -0.39 is 26.0 Å². The van der Waals surface area contributed by atoms with Crippen molar-refractivity contribution in [3.8, 4) is 0 Å². The number of carbonyl (C=O) groups excluding carboxylic acids is 1. The van der Waals surface area contributed by atoms with Gasteiger partial charge in [0.15, 0.2) is 0 Å². The second-order valence-corrected chi connectivity index (χ2v) is 15.6. The number of morpholine rings is 1. The predicted molar refractivity (Wildman–Crippen MR) is 144 cm³/mol. The van der Waals surface area contributed by atoms with Gasteiger partial charge >= 0.3 is 0 Å². The SMILES string of the molecule is CC1(C)C[C@@H]2C[C@@](C)(CN2S(=O)(=O)c2ccc(C(=O)Nc3ccc(S(=O)(=O)N4CCOCC4)cc3)cc2)C1. The summed E-state index contributed by atoms with van der Waals surface area (Å²) in [4.78, 5) is 13.1. The molecule has 1 amide bonds. The molecule has 3 fully saturated rings. The average Bonchev–Trinajstić information content (AvgIpc) is 3.14. The minimum absolute atomic E-state index is 0.00763. The average molecular weight is 562 g/mol. The number of ether oxygens (including phenoxy) is 1. The van der Waals surface area contributed by atoms with Crippen molar-refractivity contribution in [2.75, 3.05) is 38.2 Å². The zero-order chi connectivity index (χ0) is 27.3. The van der Waals surface area contributed by atoms with E-state index in [9.17, 15) is 21.6 Å². The Labute approximate surface area is 225 Å². The van der Waals surface area contributed by atoms with Crippen LogP contribution in [0.2, 0.25) is 0 Å². The Balaban J connectivity index is 1.26. The second kappa shape index (κ2) is 9.71. The molecule has 3 aliphatic rings. The van der Waals surface area contributed by atoms with Crippen LogP contribution in [0.15, 0.2) is 58.3 Å². The van der Waals surface area contributed by atoms with Crippen LogP contribution in [0.4, 0.5) is 5.69 Å². The van der Waals surface area contributed by atoms with Crippen molar-refractivity contribution >= 4 is 31.6 Å². The summed E-state index contributed by atoms with van der Waals surface area (Å²) in [6.07, 6.45) is 2.72. The third-order valence-electron chi connectivity index (χ3n) is 7.81. The zero-order valence-electron chi connectivity index (χ0n) is 22.0. The van der Waals surface area contributed by atoms with E-state index in [0.717, 1.165) is 19.3 Å². The van der Waals surface area contributed by atoms with Gasteiger partial charge in [0.05, 0.1) is 23.0 Å². The summed E-state index contributed by atoms with van der Waals surface area (Å²) in [5.74, 6) is -0.413. The van der Waals surface area contributed by atoms with Gasteiger partial charge in [-0.25, -0.2) is 16.8 Å². The van der Waals surface area contributed by atoms with Gasteiger partial charge in [0.2, 0.25) is 20.0 Å². The van der Waals surface area contributed by atoms with Crippen LogP contribution in [0.25, 0.3) is 0 Å². The van der Waals surface area contributed by atoms with Crippen molar-refractivity contribution < 1.29 is 26.4 Å². The van der Waals surface area contributed by atoms with Gasteiger partial charge in [-0.15, -0.1) is 0 Å². The minimum atomic E-state index is -3.68. The van der Waals surface area contributed by atoms with E-state index in [1.807, 2.05) is 0 Å². The molecule has 11 heteroatoms. The normalized spacial score (nSPS) is 26.2. The summed E-state index contributed by atoms with van der Waals surface area (Å²) < 4.78 is 60.8. The molecule has 206 valence electrons. The van der Waals surface area contributed by atoms with E-state index in [1.54, 1.807) is 4.31 Å². The highest BCUT2D eigenvalue weighted by atomic mass is 32.2. The lowest BCUT2D eigenvalue weighted by atomic mass is 9.65. The molecular weight excluding hydrogens is 526 g/mol. The summed E-state index contributed by atoms with van der Waals surface area (Å²) in [5, 5.41) is 2.75. The molecule has 2 aliphatic heterocycles. The molecule has 2 saturated heterocycles. The molecule has 2 heterocycles. The zero-order valence-corrected chi connectivity index (χ0v) is 23.6. The standard InChI is InChI=1S/C27H35N3O6S2/c1-26(2)16-22-17-27(3,18-26)19-30(22)38(34,35)24-8-4-20(5-9-24)25(31)28-21-6-10-23(11-7-21)37(32,33)29-12-14-36-15-13-29/h4-11,22H,12-19H2,1-3H3,(H,28,31)/t22-,27-/m1/s1. The van der Waals surface area contributed by atoms with Crippen molar-refractivity contribution in [1.29, 1.82) is 0 Å². The summed E-state index contributed by atoms with van der Waals surface area (Å²) >= 11 is 0. The van der Waals surface area contributed by atoms with Gasteiger partial charge in [0.1, 0.15) is 0 Å². The maximum Gasteiger partial charge on any atom is 0.255 e. The summed E-state index contributed by atoms with van der Waals surface area (Å²) in [5.41, 5.74) is 0.834.